The summed E-state index contributed by atoms with van der Waals surface area (Å²) in [6.45, 7) is 5.05. The Morgan fingerprint density at radius 2 is 2.11 bits per heavy atom. The highest BCUT2D eigenvalue weighted by Crippen LogP contribution is 2.35. The molecule has 2 aliphatic heterocycles. The van der Waals surface area contributed by atoms with Crippen LogP contribution in [0.1, 0.15) is 59.5 Å². The Morgan fingerprint density at radius 1 is 1.31 bits per heavy atom. The van der Waals surface area contributed by atoms with Crippen molar-refractivity contribution < 1.29 is 14.7 Å². The van der Waals surface area contributed by atoms with E-state index < -0.39 is 5.97 Å². The molecule has 2 fully saturated rings. The summed E-state index contributed by atoms with van der Waals surface area (Å²) in [5.74, 6) is -0.652. The number of carbonyl (C=O) groups is 2. The van der Waals surface area contributed by atoms with Crippen LogP contribution in [0, 0.1) is 18.3 Å². The molecule has 0 saturated carbocycles. The molecule has 0 bridgehead atoms. The van der Waals surface area contributed by atoms with Crippen molar-refractivity contribution >= 4 is 46.0 Å². The number of nitriles is 1. The molecule has 2 saturated heterocycles. The second-order valence-corrected chi connectivity index (χ2v) is 9.82. The van der Waals surface area contributed by atoms with Gasteiger partial charge in [-0.15, -0.1) is 0 Å². The zero-order valence-electron chi connectivity index (χ0n) is 19.8. The molecule has 1 amide bonds. The second kappa shape index (κ2) is 8.91. The maximum Gasteiger partial charge on any atom is 0.356 e. The van der Waals surface area contributed by atoms with Crippen LogP contribution in [-0.4, -0.2) is 50.6 Å². The largest absolute Gasteiger partial charge is 0.476 e. The standard InChI is InChI=1S/C25H24ClN7O3/c1-13-9-15(14(2)28-16-3-4-19(26)30-22(16)24(35)36)21-17(10-13)29-18(11-27)23(31-21)33-8-7-25(12-33)6-5-20(34)32-25/h3-4,9-10,14,28H,5-8,12H2,1-2H3,(H,32,34)(H,35,36)/t14-,25?/m1/s1. The van der Waals surface area contributed by atoms with Crippen LogP contribution < -0.4 is 15.5 Å². The highest BCUT2D eigenvalue weighted by Gasteiger charge is 2.44. The van der Waals surface area contributed by atoms with Crippen molar-refractivity contribution in [2.45, 2.75) is 44.7 Å². The van der Waals surface area contributed by atoms with Crippen molar-refractivity contribution in [3.05, 3.63) is 51.9 Å². The van der Waals surface area contributed by atoms with Crippen molar-refractivity contribution in [3.8, 4) is 6.07 Å². The van der Waals surface area contributed by atoms with Crippen LogP contribution in [0.4, 0.5) is 11.5 Å². The molecule has 36 heavy (non-hydrogen) atoms. The van der Waals surface area contributed by atoms with E-state index in [0.29, 0.717) is 42.0 Å². The number of amides is 1. The number of anilines is 2. The van der Waals surface area contributed by atoms with Crippen LogP contribution in [0.3, 0.4) is 0 Å². The molecule has 2 aromatic heterocycles. The van der Waals surface area contributed by atoms with Crippen molar-refractivity contribution in [2.75, 3.05) is 23.3 Å². The minimum Gasteiger partial charge on any atom is -0.476 e. The van der Waals surface area contributed by atoms with E-state index in [4.69, 9.17) is 16.6 Å². The number of pyridine rings is 1. The van der Waals surface area contributed by atoms with Gasteiger partial charge in [-0.2, -0.15) is 5.26 Å². The Labute approximate surface area is 212 Å². The van der Waals surface area contributed by atoms with Gasteiger partial charge in [0, 0.05) is 25.1 Å². The lowest BCUT2D eigenvalue weighted by atomic mass is 9.97. The summed E-state index contributed by atoms with van der Waals surface area (Å²) < 4.78 is 0. The molecule has 3 N–H and O–H groups in total. The number of halogens is 1. The maximum absolute atomic E-state index is 11.9. The fraction of sp³-hybridized carbons (Fsp3) is 0.360. The van der Waals surface area contributed by atoms with E-state index in [1.807, 2.05) is 30.9 Å². The minimum absolute atomic E-state index is 0.0528. The van der Waals surface area contributed by atoms with E-state index in [0.717, 1.165) is 24.0 Å². The first kappa shape index (κ1) is 23.8. The van der Waals surface area contributed by atoms with Gasteiger partial charge in [-0.1, -0.05) is 17.7 Å². The monoisotopic (exact) mass is 505 g/mol. The van der Waals surface area contributed by atoms with Gasteiger partial charge in [-0.25, -0.2) is 19.7 Å². The summed E-state index contributed by atoms with van der Waals surface area (Å²) in [6, 6.07) is 8.77. The summed E-state index contributed by atoms with van der Waals surface area (Å²) in [5, 5.41) is 25.8. The molecule has 1 spiro atoms. The van der Waals surface area contributed by atoms with Gasteiger partial charge in [0.2, 0.25) is 5.91 Å². The molecule has 0 radical (unpaired) electrons. The molecule has 5 rings (SSSR count). The van der Waals surface area contributed by atoms with Gasteiger partial charge in [0.15, 0.2) is 17.2 Å². The van der Waals surface area contributed by atoms with Crippen LogP contribution in [0.5, 0.6) is 0 Å². The van der Waals surface area contributed by atoms with Gasteiger partial charge < -0.3 is 20.6 Å². The molecule has 1 aromatic carbocycles. The number of nitrogens with zero attached hydrogens (tertiary/aromatic N) is 5. The topological polar surface area (TPSA) is 144 Å². The van der Waals surface area contributed by atoms with Gasteiger partial charge in [-0.3, -0.25) is 4.79 Å². The molecule has 10 nitrogen and oxygen atoms in total. The van der Waals surface area contributed by atoms with Gasteiger partial charge in [0.25, 0.3) is 0 Å². The quantitative estimate of drug-likeness (QED) is 0.443. The van der Waals surface area contributed by atoms with E-state index in [2.05, 4.69) is 26.7 Å². The Bertz CT molecular complexity index is 1450. The third kappa shape index (κ3) is 4.27. The zero-order valence-corrected chi connectivity index (χ0v) is 20.6. The number of aryl methyl sites for hydroxylation is 1. The fourth-order valence-corrected chi connectivity index (χ4v) is 5.26. The Hall–Kier alpha value is -3.97. The van der Waals surface area contributed by atoms with E-state index in [1.165, 1.54) is 6.07 Å². The van der Waals surface area contributed by atoms with Crippen LogP contribution in [0.25, 0.3) is 11.0 Å². The highest BCUT2D eigenvalue weighted by molar-refractivity contribution is 6.29. The molecule has 184 valence electrons. The fourth-order valence-electron chi connectivity index (χ4n) is 5.11. The predicted molar refractivity (Wildman–Crippen MR) is 134 cm³/mol. The Balaban J connectivity index is 1.55. The van der Waals surface area contributed by atoms with Crippen LogP contribution >= 0.6 is 11.6 Å². The number of benzene rings is 1. The van der Waals surface area contributed by atoms with Crippen molar-refractivity contribution in [1.29, 1.82) is 5.26 Å². The molecule has 2 atom stereocenters. The summed E-state index contributed by atoms with van der Waals surface area (Å²) in [4.78, 5) is 39.1. The van der Waals surface area contributed by atoms with Gasteiger partial charge >= 0.3 is 5.97 Å². The van der Waals surface area contributed by atoms with Crippen LogP contribution in [0.2, 0.25) is 5.15 Å². The first-order valence-electron chi connectivity index (χ1n) is 11.6. The first-order chi connectivity index (χ1) is 17.2. The second-order valence-electron chi connectivity index (χ2n) is 9.43. The number of aromatic carboxylic acids is 1. The number of rotatable bonds is 5. The average Bonchev–Trinajstić information content (AvgIpc) is 3.43. The van der Waals surface area contributed by atoms with Crippen LogP contribution in [0.15, 0.2) is 24.3 Å². The van der Waals surface area contributed by atoms with E-state index >= 15 is 0 Å². The van der Waals surface area contributed by atoms with Gasteiger partial charge in [0.1, 0.15) is 11.2 Å². The summed E-state index contributed by atoms with van der Waals surface area (Å²) in [6.07, 6.45) is 2.05. The average molecular weight is 506 g/mol. The van der Waals surface area contributed by atoms with Gasteiger partial charge in [-0.05, 0) is 50.5 Å². The molecular weight excluding hydrogens is 482 g/mol. The molecule has 2 aliphatic rings. The van der Waals surface area contributed by atoms with Gasteiger partial charge in [0.05, 0.1) is 28.3 Å². The van der Waals surface area contributed by atoms with Crippen LogP contribution in [-0.2, 0) is 4.79 Å². The van der Waals surface area contributed by atoms with Crippen molar-refractivity contribution in [3.63, 3.8) is 0 Å². The number of carboxylic acids is 1. The number of nitrogens with one attached hydrogen (secondary N) is 2. The molecular formula is C25H24ClN7O3. The van der Waals surface area contributed by atoms with E-state index in [1.54, 1.807) is 6.07 Å². The molecule has 11 heteroatoms. The van der Waals surface area contributed by atoms with Crippen molar-refractivity contribution in [2.24, 2.45) is 0 Å². The summed E-state index contributed by atoms with van der Waals surface area (Å²) >= 11 is 5.90. The maximum atomic E-state index is 11.9. The summed E-state index contributed by atoms with van der Waals surface area (Å²) in [7, 11) is 0. The third-order valence-electron chi connectivity index (χ3n) is 6.82. The normalized spacial score (nSPS) is 19.9. The third-order valence-corrected chi connectivity index (χ3v) is 7.03. The number of carbonyl (C=O) groups excluding carboxylic acids is 1. The molecule has 0 aliphatic carbocycles. The molecule has 4 heterocycles. The van der Waals surface area contributed by atoms with E-state index in [-0.39, 0.29) is 34.0 Å². The number of hydrogen-bond acceptors (Lipinski definition) is 8. The number of fused-ring (bicyclic) bond motifs is 1. The first-order valence-corrected chi connectivity index (χ1v) is 12.0. The smallest absolute Gasteiger partial charge is 0.356 e. The molecule has 3 aromatic rings. The summed E-state index contributed by atoms with van der Waals surface area (Å²) in [5.41, 5.74) is 3.02. The lowest BCUT2D eigenvalue weighted by molar-refractivity contribution is -0.119. The lowest BCUT2D eigenvalue weighted by Crippen LogP contribution is -2.44. The predicted octanol–water partition coefficient (Wildman–Crippen LogP) is 3.59. The lowest BCUT2D eigenvalue weighted by Gasteiger charge is -2.25. The van der Waals surface area contributed by atoms with E-state index in [9.17, 15) is 20.0 Å². The number of carboxylic acid groups (broad SMARTS) is 1. The minimum atomic E-state index is -1.19. The Kier molecular flexibility index (Phi) is 5.88. The number of aromatic nitrogens is 3. The molecule has 1 unspecified atom stereocenters. The van der Waals surface area contributed by atoms with Crippen molar-refractivity contribution in [1.82, 2.24) is 20.3 Å². The number of hydrogen-bond donors (Lipinski definition) is 3. The Morgan fingerprint density at radius 3 is 2.81 bits per heavy atom. The SMILES string of the molecule is Cc1cc([C@@H](C)Nc2ccc(Cl)nc2C(=O)O)c2nc(N3CCC4(CCC(=O)N4)C3)c(C#N)nc2c1. The zero-order chi connectivity index (χ0) is 25.6. The highest BCUT2D eigenvalue weighted by atomic mass is 35.5.